The molecule has 1 saturated heterocycles. The molecule has 3 aromatic carbocycles. The number of hydrogen-bond acceptors (Lipinski definition) is 3. The number of hydrogen-bond donors (Lipinski definition) is 1. The number of aryl methyl sites for hydroxylation is 1. The van der Waals surface area contributed by atoms with Crippen LogP contribution in [0.4, 0.5) is 4.79 Å². The minimum Gasteiger partial charge on any atom is -0.323 e. The van der Waals surface area contributed by atoms with E-state index in [4.69, 9.17) is 16.6 Å². The van der Waals surface area contributed by atoms with E-state index in [-0.39, 0.29) is 18.5 Å². The average Bonchev–Trinajstić information content (AvgIpc) is 3.28. The molecule has 1 aliphatic carbocycles. The first-order valence-electron chi connectivity index (χ1n) is 11.4. The Morgan fingerprint density at radius 3 is 2.53 bits per heavy atom. The van der Waals surface area contributed by atoms with Gasteiger partial charge in [0.25, 0.3) is 5.91 Å². The highest BCUT2D eigenvalue weighted by Crippen LogP contribution is 2.34. The average molecular weight is 471 g/mol. The second-order valence-electron chi connectivity index (χ2n) is 9.08. The molecule has 7 heteroatoms. The van der Waals surface area contributed by atoms with Gasteiger partial charge in [-0.2, -0.15) is 0 Å². The van der Waals surface area contributed by atoms with E-state index in [0.29, 0.717) is 30.2 Å². The van der Waals surface area contributed by atoms with Gasteiger partial charge in [-0.15, -0.1) is 0 Å². The van der Waals surface area contributed by atoms with Crippen molar-refractivity contribution >= 4 is 34.6 Å². The highest BCUT2D eigenvalue weighted by atomic mass is 35.5. The summed E-state index contributed by atoms with van der Waals surface area (Å²) in [6.45, 7) is 0.684. The standard InChI is InChI=1S/C27H23ClN4O2/c28-21-10-11-23-22(14-21)29-24(31(23)16-18-6-2-1-3-7-18)17-32-25(33)27(30-26(32)34)13-12-19-8-4-5-9-20(19)15-27/h1-11,14H,12-13,15-17H2,(H,30,34). The van der Waals surface area contributed by atoms with E-state index in [2.05, 4.69) is 16.0 Å². The number of fused-ring (bicyclic) bond motifs is 2. The van der Waals surface area contributed by atoms with Crippen molar-refractivity contribution < 1.29 is 9.59 Å². The summed E-state index contributed by atoms with van der Waals surface area (Å²) in [7, 11) is 0. The Morgan fingerprint density at radius 2 is 1.71 bits per heavy atom. The molecule has 1 aromatic heterocycles. The zero-order valence-corrected chi connectivity index (χ0v) is 19.3. The maximum atomic E-state index is 13.6. The second-order valence-corrected chi connectivity index (χ2v) is 9.52. The topological polar surface area (TPSA) is 67.2 Å². The maximum absolute atomic E-state index is 13.6. The summed E-state index contributed by atoms with van der Waals surface area (Å²) in [5.74, 6) is 0.473. The molecule has 1 atom stereocenters. The van der Waals surface area contributed by atoms with Crippen molar-refractivity contribution in [3.63, 3.8) is 0 Å². The summed E-state index contributed by atoms with van der Waals surface area (Å²) in [4.78, 5) is 32.8. The van der Waals surface area contributed by atoms with Crippen LogP contribution in [0.1, 0.15) is 28.9 Å². The van der Waals surface area contributed by atoms with Crippen LogP contribution in [0.3, 0.4) is 0 Å². The van der Waals surface area contributed by atoms with Crippen molar-refractivity contribution in [3.05, 3.63) is 100 Å². The third kappa shape index (κ3) is 3.46. The van der Waals surface area contributed by atoms with Crippen LogP contribution >= 0.6 is 11.6 Å². The van der Waals surface area contributed by atoms with Gasteiger partial charge in [-0.25, -0.2) is 9.78 Å². The second kappa shape index (κ2) is 7.99. The quantitative estimate of drug-likeness (QED) is 0.439. The van der Waals surface area contributed by atoms with Crippen molar-refractivity contribution in [3.8, 4) is 0 Å². The Labute approximate surface area is 202 Å². The lowest BCUT2D eigenvalue weighted by atomic mass is 9.78. The molecule has 170 valence electrons. The van der Waals surface area contributed by atoms with Crippen molar-refractivity contribution in [1.29, 1.82) is 0 Å². The molecule has 1 unspecified atom stereocenters. The Kier molecular flexibility index (Phi) is 4.92. The largest absolute Gasteiger partial charge is 0.325 e. The Hall–Kier alpha value is -3.64. The Balaban J connectivity index is 1.35. The third-order valence-corrected chi connectivity index (χ3v) is 7.19. The number of carbonyl (C=O) groups excluding carboxylic acids is 2. The number of nitrogens with zero attached hydrogens (tertiary/aromatic N) is 3. The normalized spacial score (nSPS) is 19.6. The maximum Gasteiger partial charge on any atom is 0.325 e. The molecule has 0 bridgehead atoms. The molecule has 4 aromatic rings. The Bertz CT molecular complexity index is 1430. The third-order valence-electron chi connectivity index (χ3n) is 6.95. The molecule has 0 radical (unpaired) electrons. The number of aromatic nitrogens is 2. The molecule has 1 aliphatic heterocycles. The summed E-state index contributed by atoms with van der Waals surface area (Å²) < 4.78 is 2.06. The zero-order chi connectivity index (χ0) is 23.3. The molecule has 1 spiro atoms. The molecule has 2 heterocycles. The van der Waals surface area contributed by atoms with Crippen LogP contribution in [0.25, 0.3) is 11.0 Å². The molecule has 6 rings (SSSR count). The Morgan fingerprint density at radius 1 is 0.941 bits per heavy atom. The molecule has 3 amide bonds. The van der Waals surface area contributed by atoms with E-state index < -0.39 is 5.54 Å². The van der Waals surface area contributed by atoms with Crippen LogP contribution in [0.2, 0.25) is 5.02 Å². The fourth-order valence-electron chi connectivity index (χ4n) is 5.20. The van der Waals surface area contributed by atoms with E-state index in [0.717, 1.165) is 28.6 Å². The van der Waals surface area contributed by atoms with Gasteiger partial charge in [-0.05, 0) is 47.7 Å². The van der Waals surface area contributed by atoms with Crippen molar-refractivity contribution in [1.82, 2.24) is 19.8 Å². The predicted molar refractivity (Wildman–Crippen MR) is 131 cm³/mol. The number of carbonyl (C=O) groups is 2. The fraction of sp³-hybridized carbons (Fsp3) is 0.222. The molecule has 0 saturated carbocycles. The van der Waals surface area contributed by atoms with Crippen molar-refractivity contribution in [2.24, 2.45) is 0 Å². The molecule has 34 heavy (non-hydrogen) atoms. The van der Waals surface area contributed by atoms with Gasteiger partial charge in [0, 0.05) is 18.0 Å². The number of amides is 3. The lowest BCUT2D eigenvalue weighted by Crippen LogP contribution is -2.51. The fourth-order valence-corrected chi connectivity index (χ4v) is 5.37. The van der Waals surface area contributed by atoms with E-state index in [9.17, 15) is 9.59 Å². The van der Waals surface area contributed by atoms with Crippen LogP contribution in [-0.2, 0) is 30.7 Å². The minimum absolute atomic E-state index is 0.104. The lowest BCUT2D eigenvalue weighted by Gasteiger charge is -2.32. The smallest absolute Gasteiger partial charge is 0.323 e. The van der Waals surface area contributed by atoms with E-state index in [1.807, 2.05) is 66.7 Å². The first kappa shape index (κ1) is 20.9. The van der Waals surface area contributed by atoms with Crippen molar-refractivity contribution in [2.45, 2.75) is 37.9 Å². The van der Waals surface area contributed by atoms with Crippen LogP contribution in [0.5, 0.6) is 0 Å². The van der Waals surface area contributed by atoms with Crippen LogP contribution in [0.15, 0.2) is 72.8 Å². The van der Waals surface area contributed by atoms with Crippen LogP contribution < -0.4 is 5.32 Å². The van der Waals surface area contributed by atoms with Gasteiger partial charge in [0.05, 0.1) is 17.6 Å². The molecule has 1 fully saturated rings. The molecule has 6 nitrogen and oxygen atoms in total. The highest BCUT2D eigenvalue weighted by molar-refractivity contribution is 6.31. The number of urea groups is 1. The summed E-state index contributed by atoms with van der Waals surface area (Å²) >= 11 is 6.22. The first-order chi connectivity index (χ1) is 16.5. The molecular formula is C27H23ClN4O2. The predicted octanol–water partition coefficient (Wildman–Crippen LogP) is 4.72. The van der Waals surface area contributed by atoms with Gasteiger partial charge < -0.3 is 9.88 Å². The molecule has 2 aliphatic rings. The first-order valence-corrected chi connectivity index (χ1v) is 11.8. The van der Waals surface area contributed by atoms with Gasteiger partial charge in [0.2, 0.25) is 0 Å². The summed E-state index contributed by atoms with van der Waals surface area (Å²) in [6.07, 6.45) is 1.88. The van der Waals surface area contributed by atoms with Gasteiger partial charge in [-0.3, -0.25) is 9.69 Å². The number of imidazole rings is 1. The SMILES string of the molecule is O=C1NC2(CCc3ccccc3C2)C(=O)N1Cc1nc2cc(Cl)ccc2n1Cc1ccccc1. The summed E-state index contributed by atoms with van der Waals surface area (Å²) in [6, 6.07) is 23.4. The van der Waals surface area contributed by atoms with Gasteiger partial charge in [0.15, 0.2) is 0 Å². The monoisotopic (exact) mass is 470 g/mol. The van der Waals surface area contributed by atoms with Gasteiger partial charge >= 0.3 is 6.03 Å². The molecular weight excluding hydrogens is 448 g/mol. The number of rotatable bonds is 4. The van der Waals surface area contributed by atoms with E-state index in [1.165, 1.54) is 10.5 Å². The van der Waals surface area contributed by atoms with E-state index >= 15 is 0 Å². The highest BCUT2D eigenvalue weighted by Gasteiger charge is 2.52. The van der Waals surface area contributed by atoms with Crippen molar-refractivity contribution in [2.75, 3.05) is 0 Å². The lowest BCUT2D eigenvalue weighted by molar-refractivity contribution is -0.132. The summed E-state index contributed by atoms with van der Waals surface area (Å²) in [5.41, 5.74) is 4.25. The number of halogens is 1. The van der Waals surface area contributed by atoms with Gasteiger partial charge in [-0.1, -0.05) is 66.2 Å². The molecule has 1 N–H and O–H groups in total. The van der Waals surface area contributed by atoms with Gasteiger partial charge in [0.1, 0.15) is 11.4 Å². The number of nitrogens with one attached hydrogen (secondary N) is 1. The zero-order valence-electron chi connectivity index (χ0n) is 18.5. The summed E-state index contributed by atoms with van der Waals surface area (Å²) in [5, 5.41) is 3.62. The minimum atomic E-state index is -0.884. The van der Waals surface area contributed by atoms with E-state index in [1.54, 1.807) is 0 Å². The van der Waals surface area contributed by atoms with Crippen LogP contribution in [0, 0.1) is 0 Å². The number of benzene rings is 3. The van der Waals surface area contributed by atoms with Crippen LogP contribution in [-0.4, -0.2) is 31.9 Å². The number of imide groups is 1.